The van der Waals surface area contributed by atoms with Gasteiger partial charge >= 0.3 is 7.82 Å². The summed E-state index contributed by atoms with van der Waals surface area (Å²) in [5.41, 5.74) is 0. The molecule has 0 aliphatic rings. The molecule has 0 saturated carbocycles. The number of hydrogen-bond acceptors (Lipinski definition) is 4. The quantitative estimate of drug-likeness (QED) is 0.486. The van der Waals surface area contributed by atoms with E-state index in [2.05, 4.69) is 11.8 Å². The molecule has 4 nitrogen and oxygen atoms in total. The normalized spacial score (nSPS) is 11.1. The van der Waals surface area contributed by atoms with Crippen molar-refractivity contribution in [3.05, 3.63) is 0 Å². The molecule has 0 amide bonds. The topological polar surface area (TPSA) is 44.8 Å². The summed E-state index contributed by atoms with van der Waals surface area (Å²) in [4.78, 5) is 0. The highest BCUT2D eigenvalue weighted by atomic mass is 31.2. The molecule has 0 saturated heterocycles. The van der Waals surface area contributed by atoms with Crippen molar-refractivity contribution in [2.45, 2.75) is 20.3 Å². The number of hydrogen-bond donors (Lipinski definition) is 0. The summed E-state index contributed by atoms with van der Waals surface area (Å²) < 4.78 is 26.6. The molecule has 0 atom stereocenters. The van der Waals surface area contributed by atoms with Crippen molar-refractivity contribution >= 4 is 7.82 Å². The second-order valence-electron chi connectivity index (χ2n) is 3.42. The zero-order valence-electron chi connectivity index (χ0n) is 9.64. The maximum atomic E-state index is 11.9. The Hall–Kier alpha value is -0.770. The Balaban J connectivity index is 4.15. The predicted molar refractivity (Wildman–Crippen MR) is 62.6 cm³/mol. The third-order valence-electron chi connectivity index (χ3n) is 1.56. The van der Waals surface area contributed by atoms with Gasteiger partial charge in [-0.25, -0.2) is 4.57 Å². The molecule has 90 valence electrons. The number of phosphoric ester groups is 1. The SMILES string of the molecule is C#CCOP(=O)(OCC#C)OCCC(C)C. The minimum absolute atomic E-state index is 0.135. The summed E-state index contributed by atoms with van der Waals surface area (Å²) in [6.45, 7) is 4.06. The first kappa shape index (κ1) is 15.2. The van der Waals surface area contributed by atoms with E-state index >= 15 is 0 Å². The highest BCUT2D eigenvalue weighted by molar-refractivity contribution is 7.48. The van der Waals surface area contributed by atoms with Gasteiger partial charge in [-0.15, -0.1) is 12.8 Å². The van der Waals surface area contributed by atoms with Gasteiger partial charge in [0, 0.05) is 0 Å². The van der Waals surface area contributed by atoms with Crippen molar-refractivity contribution in [3.63, 3.8) is 0 Å². The molecular weight excluding hydrogens is 227 g/mol. The first-order valence-electron chi connectivity index (χ1n) is 4.94. The van der Waals surface area contributed by atoms with E-state index in [-0.39, 0.29) is 19.8 Å². The Labute approximate surface area is 97.3 Å². The monoisotopic (exact) mass is 244 g/mol. The lowest BCUT2D eigenvalue weighted by Gasteiger charge is -2.16. The average molecular weight is 244 g/mol. The van der Waals surface area contributed by atoms with Crippen molar-refractivity contribution < 1.29 is 18.1 Å². The zero-order valence-corrected chi connectivity index (χ0v) is 10.5. The summed E-state index contributed by atoms with van der Waals surface area (Å²) in [5, 5.41) is 0. The number of terminal acetylenes is 2. The second-order valence-corrected chi connectivity index (χ2v) is 5.09. The molecule has 0 fully saturated rings. The van der Waals surface area contributed by atoms with Crippen LogP contribution in [0.1, 0.15) is 20.3 Å². The maximum Gasteiger partial charge on any atom is 0.476 e. The van der Waals surface area contributed by atoms with Gasteiger partial charge in [0.2, 0.25) is 0 Å². The van der Waals surface area contributed by atoms with Gasteiger partial charge in [0.1, 0.15) is 13.2 Å². The zero-order chi connectivity index (χ0) is 12.4. The molecule has 0 aromatic heterocycles. The molecular formula is C11H17O4P. The first-order valence-corrected chi connectivity index (χ1v) is 6.40. The fraction of sp³-hybridized carbons (Fsp3) is 0.636. The Kier molecular flexibility index (Phi) is 7.99. The molecule has 0 spiro atoms. The molecule has 0 aromatic rings. The third-order valence-corrected chi connectivity index (χ3v) is 2.95. The maximum absolute atomic E-state index is 11.9. The van der Waals surface area contributed by atoms with Gasteiger partial charge in [-0.2, -0.15) is 0 Å². The van der Waals surface area contributed by atoms with Crippen molar-refractivity contribution in [1.82, 2.24) is 0 Å². The molecule has 0 radical (unpaired) electrons. The Morgan fingerprint density at radius 3 is 2.00 bits per heavy atom. The van der Waals surface area contributed by atoms with Crippen molar-refractivity contribution in [2.24, 2.45) is 5.92 Å². The van der Waals surface area contributed by atoms with Crippen LogP contribution in [0.2, 0.25) is 0 Å². The molecule has 0 heterocycles. The number of rotatable bonds is 8. The van der Waals surface area contributed by atoms with E-state index in [4.69, 9.17) is 26.4 Å². The Morgan fingerprint density at radius 2 is 1.62 bits per heavy atom. The molecule has 5 heteroatoms. The highest BCUT2D eigenvalue weighted by Gasteiger charge is 2.25. The van der Waals surface area contributed by atoms with Crippen molar-refractivity contribution in [2.75, 3.05) is 19.8 Å². The molecule has 0 rings (SSSR count). The molecule has 16 heavy (non-hydrogen) atoms. The lowest BCUT2D eigenvalue weighted by Crippen LogP contribution is -2.04. The Bertz CT molecular complexity index is 289. The Morgan fingerprint density at radius 1 is 1.12 bits per heavy atom. The predicted octanol–water partition coefficient (Wildman–Crippen LogP) is 2.46. The van der Waals surface area contributed by atoms with Gasteiger partial charge in [0.05, 0.1) is 6.61 Å². The molecule has 0 aliphatic carbocycles. The van der Waals surface area contributed by atoms with E-state index in [0.29, 0.717) is 5.92 Å². The van der Waals surface area contributed by atoms with Crippen LogP contribution in [0.25, 0.3) is 0 Å². The van der Waals surface area contributed by atoms with Crippen LogP contribution in [0.5, 0.6) is 0 Å². The number of phosphoric acid groups is 1. The van der Waals surface area contributed by atoms with Gasteiger partial charge in [0.15, 0.2) is 0 Å². The van der Waals surface area contributed by atoms with Crippen LogP contribution in [0.3, 0.4) is 0 Å². The van der Waals surface area contributed by atoms with Crippen molar-refractivity contribution in [1.29, 1.82) is 0 Å². The van der Waals surface area contributed by atoms with Crippen molar-refractivity contribution in [3.8, 4) is 24.7 Å². The largest absolute Gasteiger partial charge is 0.476 e. The molecule has 0 bridgehead atoms. The van der Waals surface area contributed by atoms with E-state index in [0.717, 1.165) is 6.42 Å². The van der Waals surface area contributed by atoms with Crippen LogP contribution < -0.4 is 0 Å². The second kappa shape index (κ2) is 8.39. The van der Waals surface area contributed by atoms with Gasteiger partial charge < -0.3 is 0 Å². The lowest BCUT2D eigenvalue weighted by atomic mass is 10.2. The summed E-state index contributed by atoms with van der Waals surface area (Å²) >= 11 is 0. The summed E-state index contributed by atoms with van der Waals surface area (Å²) in [7, 11) is -3.59. The van der Waals surface area contributed by atoms with Gasteiger partial charge in [-0.3, -0.25) is 13.6 Å². The van der Waals surface area contributed by atoms with Crippen LogP contribution in [0, 0.1) is 30.6 Å². The fourth-order valence-electron chi connectivity index (χ4n) is 0.745. The molecule has 0 aromatic carbocycles. The van der Waals surface area contributed by atoms with Crippen LogP contribution in [-0.4, -0.2) is 19.8 Å². The minimum atomic E-state index is -3.59. The van der Waals surface area contributed by atoms with E-state index < -0.39 is 7.82 Å². The fourth-order valence-corrected chi connectivity index (χ4v) is 1.76. The summed E-state index contributed by atoms with van der Waals surface area (Å²) in [6, 6.07) is 0. The van der Waals surface area contributed by atoms with E-state index in [1.165, 1.54) is 0 Å². The third kappa shape index (κ3) is 7.51. The van der Waals surface area contributed by atoms with Crippen LogP contribution in [0.4, 0.5) is 0 Å². The van der Waals surface area contributed by atoms with E-state index in [9.17, 15) is 4.57 Å². The highest BCUT2D eigenvalue weighted by Crippen LogP contribution is 2.49. The van der Waals surface area contributed by atoms with E-state index in [1.54, 1.807) is 0 Å². The standard InChI is InChI=1S/C11H17O4P/c1-5-8-13-16(12,14-9-6-2)15-10-7-11(3)4/h1-2,11H,7-10H2,3-4H3. The van der Waals surface area contributed by atoms with Crippen LogP contribution >= 0.6 is 7.82 Å². The van der Waals surface area contributed by atoms with Crippen LogP contribution in [-0.2, 0) is 18.1 Å². The smallest absolute Gasteiger partial charge is 0.287 e. The van der Waals surface area contributed by atoms with Gasteiger partial charge in [-0.05, 0) is 12.3 Å². The van der Waals surface area contributed by atoms with Crippen LogP contribution in [0.15, 0.2) is 0 Å². The average Bonchev–Trinajstić information content (AvgIpc) is 2.23. The molecule has 0 unspecified atom stereocenters. The lowest BCUT2D eigenvalue weighted by molar-refractivity contribution is 0.129. The van der Waals surface area contributed by atoms with Gasteiger partial charge in [0.25, 0.3) is 0 Å². The van der Waals surface area contributed by atoms with E-state index in [1.807, 2.05) is 13.8 Å². The molecule has 0 aliphatic heterocycles. The molecule has 0 N–H and O–H groups in total. The summed E-state index contributed by atoms with van der Waals surface area (Å²) in [6.07, 6.45) is 10.7. The summed E-state index contributed by atoms with van der Waals surface area (Å²) in [5.74, 6) is 4.82. The first-order chi connectivity index (χ1) is 7.54. The van der Waals surface area contributed by atoms with Gasteiger partial charge in [-0.1, -0.05) is 25.7 Å². The minimum Gasteiger partial charge on any atom is -0.287 e.